The molecular formula is C19H19Cl2N3O2. The summed E-state index contributed by atoms with van der Waals surface area (Å²) in [4.78, 5) is 28.9. The molecule has 1 aliphatic carbocycles. The van der Waals surface area contributed by atoms with Crippen molar-refractivity contribution in [2.45, 2.75) is 38.1 Å². The van der Waals surface area contributed by atoms with E-state index in [9.17, 15) is 9.59 Å². The Morgan fingerprint density at radius 3 is 2.23 bits per heavy atom. The zero-order valence-corrected chi connectivity index (χ0v) is 15.6. The molecule has 136 valence electrons. The van der Waals surface area contributed by atoms with Crippen molar-refractivity contribution >= 4 is 40.7 Å². The third-order valence-electron chi connectivity index (χ3n) is 4.40. The fourth-order valence-electron chi connectivity index (χ4n) is 3.01. The zero-order valence-electron chi connectivity index (χ0n) is 14.1. The molecule has 2 amide bonds. The van der Waals surface area contributed by atoms with Crippen LogP contribution in [-0.4, -0.2) is 22.8 Å². The summed E-state index contributed by atoms with van der Waals surface area (Å²) in [6.07, 6.45) is 8.31. The number of rotatable bonds is 4. The molecule has 26 heavy (non-hydrogen) atoms. The maximum absolute atomic E-state index is 12.5. The van der Waals surface area contributed by atoms with E-state index < -0.39 is 5.91 Å². The fourth-order valence-corrected chi connectivity index (χ4v) is 3.50. The second kappa shape index (κ2) is 8.52. The summed E-state index contributed by atoms with van der Waals surface area (Å²) in [6, 6.07) is 6.67. The van der Waals surface area contributed by atoms with Gasteiger partial charge in [-0.1, -0.05) is 48.5 Å². The lowest BCUT2D eigenvalue weighted by Gasteiger charge is -2.22. The van der Waals surface area contributed by atoms with Gasteiger partial charge in [0.2, 0.25) is 0 Å². The first-order chi connectivity index (χ1) is 12.5. The van der Waals surface area contributed by atoms with Crippen molar-refractivity contribution in [3.63, 3.8) is 0 Å². The molecule has 0 unspecified atom stereocenters. The first kappa shape index (κ1) is 18.7. The number of hydrogen-bond donors (Lipinski definition) is 2. The minimum Gasteiger partial charge on any atom is -0.349 e. The van der Waals surface area contributed by atoms with Crippen molar-refractivity contribution in [3.8, 4) is 0 Å². The van der Waals surface area contributed by atoms with Crippen LogP contribution in [0.1, 0.15) is 52.8 Å². The largest absolute Gasteiger partial charge is 0.349 e. The molecule has 1 heterocycles. The quantitative estimate of drug-likeness (QED) is 0.792. The van der Waals surface area contributed by atoms with E-state index in [0.717, 1.165) is 25.7 Å². The summed E-state index contributed by atoms with van der Waals surface area (Å²) in [5.41, 5.74) is 0.948. The van der Waals surface area contributed by atoms with Crippen molar-refractivity contribution in [1.82, 2.24) is 10.3 Å². The molecule has 2 aromatic rings. The summed E-state index contributed by atoms with van der Waals surface area (Å²) < 4.78 is 0. The van der Waals surface area contributed by atoms with E-state index in [-0.39, 0.29) is 17.5 Å². The third kappa shape index (κ3) is 4.54. The average molecular weight is 392 g/mol. The number of anilines is 1. The van der Waals surface area contributed by atoms with E-state index >= 15 is 0 Å². The van der Waals surface area contributed by atoms with Crippen molar-refractivity contribution in [2.75, 3.05) is 5.32 Å². The molecule has 1 fully saturated rings. The van der Waals surface area contributed by atoms with Gasteiger partial charge in [0, 0.05) is 18.4 Å². The van der Waals surface area contributed by atoms with Crippen LogP contribution in [-0.2, 0) is 0 Å². The molecule has 1 aromatic carbocycles. The summed E-state index contributed by atoms with van der Waals surface area (Å²) in [6.45, 7) is 0. The zero-order chi connectivity index (χ0) is 18.5. The molecule has 7 heteroatoms. The summed E-state index contributed by atoms with van der Waals surface area (Å²) >= 11 is 12.1. The predicted octanol–water partition coefficient (Wildman–Crippen LogP) is 4.70. The number of benzene rings is 1. The molecule has 0 atom stereocenters. The number of carbonyl (C=O) groups excluding carboxylic acids is 2. The van der Waals surface area contributed by atoms with E-state index in [2.05, 4.69) is 15.6 Å². The number of pyridine rings is 1. The normalized spacial score (nSPS) is 14.7. The van der Waals surface area contributed by atoms with Gasteiger partial charge in [0.1, 0.15) is 0 Å². The highest BCUT2D eigenvalue weighted by atomic mass is 35.5. The Balaban J connectivity index is 1.72. The highest BCUT2D eigenvalue weighted by Gasteiger charge is 2.18. The molecule has 0 spiro atoms. The Bertz CT molecular complexity index is 800. The molecule has 0 radical (unpaired) electrons. The van der Waals surface area contributed by atoms with Crippen LogP contribution in [0.5, 0.6) is 0 Å². The summed E-state index contributed by atoms with van der Waals surface area (Å²) in [7, 11) is 0. The molecule has 0 aliphatic heterocycles. The van der Waals surface area contributed by atoms with Gasteiger partial charge in [-0.05, 0) is 31.0 Å². The topological polar surface area (TPSA) is 71.1 Å². The van der Waals surface area contributed by atoms with Crippen LogP contribution >= 0.6 is 23.2 Å². The van der Waals surface area contributed by atoms with Crippen molar-refractivity contribution in [1.29, 1.82) is 0 Å². The average Bonchev–Trinajstić information content (AvgIpc) is 2.65. The fraction of sp³-hybridized carbons (Fsp3) is 0.316. The van der Waals surface area contributed by atoms with Gasteiger partial charge in [0.15, 0.2) is 0 Å². The number of nitrogens with zero attached hydrogens (tertiary/aromatic N) is 1. The van der Waals surface area contributed by atoms with Crippen LogP contribution in [0.15, 0.2) is 36.7 Å². The lowest BCUT2D eigenvalue weighted by molar-refractivity contribution is 0.0927. The Hall–Kier alpha value is -2.11. The van der Waals surface area contributed by atoms with Gasteiger partial charge in [-0.15, -0.1) is 0 Å². The second-order valence-electron chi connectivity index (χ2n) is 6.32. The van der Waals surface area contributed by atoms with Gasteiger partial charge in [-0.3, -0.25) is 14.6 Å². The maximum Gasteiger partial charge on any atom is 0.257 e. The first-order valence-corrected chi connectivity index (χ1v) is 9.31. The Morgan fingerprint density at radius 2 is 1.58 bits per heavy atom. The van der Waals surface area contributed by atoms with Gasteiger partial charge < -0.3 is 10.6 Å². The van der Waals surface area contributed by atoms with E-state index in [0.29, 0.717) is 21.3 Å². The van der Waals surface area contributed by atoms with Crippen molar-refractivity contribution in [2.24, 2.45) is 0 Å². The number of aromatic nitrogens is 1. The molecule has 0 saturated heterocycles. The van der Waals surface area contributed by atoms with Crippen LogP contribution in [0.4, 0.5) is 5.69 Å². The van der Waals surface area contributed by atoms with Crippen LogP contribution < -0.4 is 10.6 Å². The first-order valence-electron chi connectivity index (χ1n) is 8.56. The van der Waals surface area contributed by atoms with Crippen LogP contribution in [0, 0.1) is 0 Å². The third-order valence-corrected chi connectivity index (χ3v) is 5.03. The molecular weight excluding hydrogens is 373 g/mol. The van der Waals surface area contributed by atoms with E-state index in [1.165, 1.54) is 24.9 Å². The van der Waals surface area contributed by atoms with Gasteiger partial charge in [0.25, 0.3) is 11.8 Å². The Labute approximate surface area is 162 Å². The summed E-state index contributed by atoms with van der Waals surface area (Å²) in [5.74, 6) is -0.644. The number of amides is 2. The number of carbonyl (C=O) groups is 2. The molecule has 1 aromatic heterocycles. The molecule has 5 nitrogen and oxygen atoms in total. The minimum absolute atomic E-state index is 0.190. The summed E-state index contributed by atoms with van der Waals surface area (Å²) in [5, 5.41) is 6.36. The van der Waals surface area contributed by atoms with E-state index in [1.54, 1.807) is 18.2 Å². The van der Waals surface area contributed by atoms with Crippen LogP contribution in [0.25, 0.3) is 0 Å². The lowest BCUT2D eigenvalue weighted by atomic mass is 9.95. The Morgan fingerprint density at radius 1 is 0.962 bits per heavy atom. The van der Waals surface area contributed by atoms with E-state index in [1.807, 2.05) is 0 Å². The monoisotopic (exact) mass is 391 g/mol. The van der Waals surface area contributed by atoms with Gasteiger partial charge >= 0.3 is 0 Å². The van der Waals surface area contributed by atoms with E-state index in [4.69, 9.17) is 23.2 Å². The second-order valence-corrected chi connectivity index (χ2v) is 7.14. The predicted molar refractivity (Wildman–Crippen MR) is 103 cm³/mol. The molecule has 1 aliphatic rings. The maximum atomic E-state index is 12.5. The smallest absolute Gasteiger partial charge is 0.257 e. The molecule has 1 saturated carbocycles. The number of halogens is 2. The lowest BCUT2D eigenvalue weighted by Crippen LogP contribution is -2.36. The highest BCUT2D eigenvalue weighted by Crippen LogP contribution is 2.30. The van der Waals surface area contributed by atoms with Gasteiger partial charge in [-0.25, -0.2) is 0 Å². The Kier molecular flexibility index (Phi) is 6.12. The number of nitrogens with one attached hydrogen (secondary N) is 2. The molecule has 0 bridgehead atoms. The minimum atomic E-state index is -0.431. The molecule has 3 rings (SSSR count). The van der Waals surface area contributed by atoms with Gasteiger partial charge in [-0.2, -0.15) is 0 Å². The number of hydrogen-bond acceptors (Lipinski definition) is 3. The van der Waals surface area contributed by atoms with Crippen molar-refractivity contribution < 1.29 is 9.59 Å². The molecule has 2 N–H and O–H groups in total. The van der Waals surface area contributed by atoms with Crippen LogP contribution in [0.3, 0.4) is 0 Å². The highest BCUT2D eigenvalue weighted by molar-refractivity contribution is 6.40. The van der Waals surface area contributed by atoms with Gasteiger partial charge in [0.05, 0.1) is 26.9 Å². The SMILES string of the molecule is O=C(Nc1c(Cl)cccc1Cl)c1cncc(C(=O)NC2CCCCC2)c1. The number of para-hydroxylation sites is 1. The standard InChI is InChI=1S/C19H19Cl2N3O2/c20-15-7-4-8-16(21)17(15)24-19(26)13-9-12(10-22-11-13)18(25)23-14-5-2-1-3-6-14/h4,7-11,14H,1-3,5-6H2,(H,23,25)(H,24,26). The van der Waals surface area contributed by atoms with Crippen LogP contribution in [0.2, 0.25) is 10.0 Å². The van der Waals surface area contributed by atoms with Crippen molar-refractivity contribution in [3.05, 3.63) is 57.8 Å².